The van der Waals surface area contributed by atoms with Gasteiger partial charge >= 0.3 is 0 Å². The molecule has 82 valence electrons. The summed E-state index contributed by atoms with van der Waals surface area (Å²) in [5.74, 6) is 0.326. The molecule has 0 aliphatic rings. The van der Waals surface area contributed by atoms with E-state index in [-0.39, 0.29) is 10.5 Å². The van der Waals surface area contributed by atoms with Crippen LogP contribution in [0.3, 0.4) is 0 Å². The van der Waals surface area contributed by atoms with E-state index in [2.05, 4.69) is 0 Å². The monoisotopic (exact) mass is 248 g/mol. The lowest BCUT2D eigenvalue weighted by atomic mass is 10.1. The van der Waals surface area contributed by atoms with Gasteiger partial charge in [-0.1, -0.05) is 0 Å². The molecule has 15 heavy (non-hydrogen) atoms. The van der Waals surface area contributed by atoms with E-state index in [4.69, 9.17) is 15.4 Å². The van der Waals surface area contributed by atoms with Gasteiger partial charge in [0.05, 0.1) is 17.6 Å². The van der Waals surface area contributed by atoms with Crippen LogP contribution >= 0.6 is 10.7 Å². The predicted molar refractivity (Wildman–Crippen MR) is 56.2 cm³/mol. The number of aryl methyl sites for hydroxylation is 1. The van der Waals surface area contributed by atoms with Crippen molar-refractivity contribution in [3.8, 4) is 5.75 Å². The summed E-state index contributed by atoms with van der Waals surface area (Å²) in [6, 6.07) is 2.66. The van der Waals surface area contributed by atoms with Gasteiger partial charge in [-0.3, -0.25) is 4.79 Å². The maximum Gasteiger partial charge on any atom is 0.261 e. The molecule has 0 aromatic heterocycles. The van der Waals surface area contributed by atoms with Crippen LogP contribution in [0, 0.1) is 6.92 Å². The fraction of sp³-hybridized carbons (Fsp3) is 0.222. The molecule has 1 aromatic rings. The zero-order chi connectivity index (χ0) is 11.6. The fourth-order valence-electron chi connectivity index (χ4n) is 1.21. The first-order valence-corrected chi connectivity index (χ1v) is 6.29. The summed E-state index contributed by atoms with van der Waals surface area (Å²) in [5, 5.41) is 0. The highest BCUT2D eigenvalue weighted by atomic mass is 35.7. The maximum atomic E-state index is 11.1. The highest BCUT2D eigenvalue weighted by molar-refractivity contribution is 8.13. The first-order chi connectivity index (χ1) is 6.90. The average molecular weight is 249 g/mol. The third-order valence-corrected chi connectivity index (χ3v) is 3.38. The van der Waals surface area contributed by atoms with Crippen LogP contribution in [0.4, 0.5) is 0 Å². The summed E-state index contributed by atoms with van der Waals surface area (Å²) >= 11 is 0. The van der Waals surface area contributed by atoms with E-state index in [9.17, 15) is 13.2 Å². The Morgan fingerprint density at radius 3 is 2.40 bits per heavy atom. The molecule has 6 heteroatoms. The Bertz CT molecular complexity index is 493. The highest BCUT2D eigenvalue weighted by Gasteiger charge is 2.16. The third kappa shape index (κ3) is 2.49. The van der Waals surface area contributed by atoms with Crippen LogP contribution in [-0.4, -0.2) is 21.8 Å². The van der Waals surface area contributed by atoms with Crippen molar-refractivity contribution in [2.24, 2.45) is 0 Å². The Balaban J connectivity index is 3.53. The summed E-state index contributed by atoms with van der Waals surface area (Å²) in [7, 11) is 2.77. The van der Waals surface area contributed by atoms with E-state index in [1.165, 1.54) is 19.2 Å². The summed E-state index contributed by atoms with van der Waals surface area (Å²) in [6.07, 6.45) is 0.518. The van der Waals surface area contributed by atoms with Gasteiger partial charge in [0.2, 0.25) is 0 Å². The SMILES string of the molecule is COc1cc(C)c(S(=O)(=O)Cl)cc1C=O. The Hall–Kier alpha value is -1.07. The van der Waals surface area contributed by atoms with Gasteiger partial charge in [0.15, 0.2) is 6.29 Å². The molecule has 0 radical (unpaired) electrons. The average Bonchev–Trinajstić information content (AvgIpc) is 2.15. The van der Waals surface area contributed by atoms with Crippen molar-refractivity contribution in [3.05, 3.63) is 23.3 Å². The predicted octanol–water partition coefficient (Wildman–Crippen LogP) is 1.74. The van der Waals surface area contributed by atoms with Crippen molar-refractivity contribution in [2.75, 3.05) is 7.11 Å². The van der Waals surface area contributed by atoms with Crippen molar-refractivity contribution in [1.82, 2.24) is 0 Å². The second-order valence-corrected chi connectivity index (χ2v) is 5.45. The molecule has 0 aliphatic carbocycles. The Kier molecular flexibility index (Phi) is 3.36. The quantitative estimate of drug-likeness (QED) is 0.604. The van der Waals surface area contributed by atoms with Crippen molar-refractivity contribution in [1.29, 1.82) is 0 Å². The minimum atomic E-state index is -3.83. The number of rotatable bonds is 3. The van der Waals surface area contributed by atoms with Crippen molar-refractivity contribution in [3.63, 3.8) is 0 Å². The molecule has 0 aliphatic heterocycles. The van der Waals surface area contributed by atoms with Gasteiger partial charge in [-0.25, -0.2) is 8.42 Å². The number of ether oxygens (including phenoxy) is 1. The molecule has 0 saturated carbocycles. The molecule has 0 bridgehead atoms. The minimum Gasteiger partial charge on any atom is -0.496 e. The molecule has 0 fully saturated rings. The van der Waals surface area contributed by atoms with Crippen LogP contribution < -0.4 is 4.74 Å². The van der Waals surface area contributed by atoms with Crippen molar-refractivity contribution < 1.29 is 17.9 Å². The third-order valence-electron chi connectivity index (χ3n) is 1.92. The normalized spacial score (nSPS) is 11.1. The standard InChI is InChI=1S/C9H9ClO4S/c1-6-3-8(14-2)7(5-11)4-9(6)15(10,12)13/h3-5H,1-2H3. The molecule has 1 rings (SSSR count). The number of aldehydes is 1. The highest BCUT2D eigenvalue weighted by Crippen LogP contribution is 2.27. The number of hydrogen-bond donors (Lipinski definition) is 0. The molecule has 0 spiro atoms. The molecule has 0 atom stereocenters. The molecule has 0 unspecified atom stereocenters. The summed E-state index contributed by atoms with van der Waals surface area (Å²) in [6.45, 7) is 1.58. The van der Waals surface area contributed by atoms with Gasteiger partial charge in [-0.05, 0) is 24.6 Å². The summed E-state index contributed by atoms with van der Waals surface area (Å²) < 4.78 is 27.2. The van der Waals surface area contributed by atoms with E-state index in [1.54, 1.807) is 6.92 Å². The van der Waals surface area contributed by atoms with Crippen LogP contribution in [0.5, 0.6) is 5.75 Å². The summed E-state index contributed by atoms with van der Waals surface area (Å²) in [5.41, 5.74) is 0.592. The molecule has 0 saturated heterocycles. The molecule has 0 N–H and O–H groups in total. The van der Waals surface area contributed by atoms with Crippen molar-refractivity contribution >= 4 is 26.0 Å². The largest absolute Gasteiger partial charge is 0.496 e. The van der Waals surface area contributed by atoms with Crippen molar-refractivity contribution in [2.45, 2.75) is 11.8 Å². The van der Waals surface area contributed by atoms with Crippen LogP contribution in [-0.2, 0) is 9.05 Å². The molecular formula is C9H9ClO4S. The molecule has 0 amide bonds. The molecule has 1 aromatic carbocycles. The van der Waals surface area contributed by atoms with Gasteiger partial charge in [0.25, 0.3) is 9.05 Å². The van der Waals surface area contributed by atoms with Gasteiger partial charge in [0, 0.05) is 10.7 Å². The topological polar surface area (TPSA) is 60.4 Å². The first-order valence-electron chi connectivity index (χ1n) is 3.98. The lowest BCUT2D eigenvalue weighted by molar-refractivity contribution is 0.112. The van der Waals surface area contributed by atoms with Crippen LogP contribution in [0.15, 0.2) is 17.0 Å². The Morgan fingerprint density at radius 1 is 1.40 bits per heavy atom. The number of methoxy groups -OCH3 is 1. The second-order valence-electron chi connectivity index (χ2n) is 2.92. The number of benzene rings is 1. The smallest absolute Gasteiger partial charge is 0.261 e. The minimum absolute atomic E-state index is 0.0768. The molecular weight excluding hydrogens is 240 g/mol. The number of carbonyl (C=O) groups excluding carboxylic acids is 1. The first kappa shape index (κ1) is 12.0. The fourth-order valence-corrected chi connectivity index (χ4v) is 2.42. The molecule has 0 heterocycles. The van der Waals surface area contributed by atoms with Gasteiger partial charge in [-0.15, -0.1) is 0 Å². The van der Waals surface area contributed by atoms with Gasteiger partial charge in [-0.2, -0.15) is 0 Å². The summed E-state index contributed by atoms with van der Waals surface area (Å²) in [4.78, 5) is 10.6. The van der Waals surface area contributed by atoms with E-state index in [0.29, 0.717) is 17.6 Å². The van der Waals surface area contributed by atoms with E-state index in [0.717, 1.165) is 0 Å². The Labute approximate surface area is 92.2 Å². The van der Waals surface area contributed by atoms with Crippen LogP contribution in [0.25, 0.3) is 0 Å². The molecule has 4 nitrogen and oxygen atoms in total. The lowest BCUT2D eigenvalue weighted by Gasteiger charge is -2.07. The number of halogens is 1. The zero-order valence-corrected chi connectivity index (χ0v) is 9.72. The van der Waals surface area contributed by atoms with E-state index < -0.39 is 9.05 Å². The number of hydrogen-bond acceptors (Lipinski definition) is 4. The zero-order valence-electron chi connectivity index (χ0n) is 8.15. The number of carbonyl (C=O) groups is 1. The van der Waals surface area contributed by atoms with E-state index >= 15 is 0 Å². The lowest BCUT2D eigenvalue weighted by Crippen LogP contribution is -1.99. The second kappa shape index (κ2) is 4.20. The Morgan fingerprint density at radius 2 is 2.00 bits per heavy atom. The van der Waals surface area contributed by atoms with Gasteiger partial charge < -0.3 is 4.74 Å². The van der Waals surface area contributed by atoms with Crippen LogP contribution in [0.2, 0.25) is 0 Å². The maximum absolute atomic E-state index is 11.1. The van der Waals surface area contributed by atoms with Crippen LogP contribution in [0.1, 0.15) is 15.9 Å². The van der Waals surface area contributed by atoms with Gasteiger partial charge in [0.1, 0.15) is 5.75 Å². The van der Waals surface area contributed by atoms with E-state index in [1.807, 2.05) is 0 Å².